The molecule has 1 aliphatic carbocycles. The Balaban J connectivity index is 1.08. The van der Waals surface area contributed by atoms with E-state index in [1.807, 2.05) is 42.9 Å². The number of hydrogen-bond donors (Lipinski definition) is 0. The van der Waals surface area contributed by atoms with E-state index in [9.17, 15) is 9.18 Å². The molecule has 4 aromatic heterocycles. The second kappa shape index (κ2) is 13.0. The number of halogens is 2. The number of aromatic nitrogens is 5. The van der Waals surface area contributed by atoms with Gasteiger partial charge in [0.25, 0.3) is 6.01 Å². The number of ether oxygens (including phenoxy) is 2. The lowest BCUT2D eigenvalue weighted by molar-refractivity contribution is 0.0601. The van der Waals surface area contributed by atoms with Gasteiger partial charge in [-0.25, -0.2) is 19.7 Å². The Hall–Kier alpha value is -4.96. The van der Waals surface area contributed by atoms with Gasteiger partial charge in [0.05, 0.1) is 53.0 Å². The molecule has 11 heteroatoms. The van der Waals surface area contributed by atoms with Crippen LogP contribution in [0.4, 0.5) is 4.39 Å². The number of imidazole rings is 2. The third kappa shape index (κ3) is 6.25. The van der Waals surface area contributed by atoms with E-state index in [2.05, 4.69) is 27.1 Å². The quantitative estimate of drug-likeness (QED) is 0.138. The average molecular weight is 654 g/mol. The van der Waals surface area contributed by atoms with Crippen molar-refractivity contribution in [1.29, 1.82) is 0 Å². The summed E-state index contributed by atoms with van der Waals surface area (Å²) in [5.41, 5.74) is 6.44. The fourth-order valence-electron chi connectivity index (χ4n) is 6.30. The maximum Gasteiger partial charge on any atom is 0.337 e. The number of carbonyl (C=O) groups is 1. The van der Waals surface area contributed by atoms with Crippen LogP contribution in [-0.4, -0.2) is 37.2 Å². The van der Waals surface area contributed by atoms with Crippen molar-refractivity contribution in [2.45, 2.75) is 52.3 Å². The molecule has 9 nitrogen and oxygen atoms in total. The third-order valence-corrected chi connectivity index (χ3v) is 9.14. The summed E-state index contributed by atoms with van der Waals surface area (Å²) in [4.78, 5) is 26.5. The minimum atomic E-state index is -0.689. The standard InChI is InChI=1S/C36H33ClFN5O4/c1-3-42-21-39-18-26(42)19-43-31-16-24(36(44)45-2)12-14-30(31)40-33(43)15-22-7-9-23(10-8-22)29-5-4-6-34(41-29)46-20-25-11-13-28(37)27-17-32(38)47-35(25)27/h4-6,9,11-14,16-18,21-22H,3,7-8,10,15,19-20H2,1-2H3. The van der Waals surface area contributed by atoms with E-state index < -0.39 is 6.01 Å². The SMILES string of the molecule is CCn1cncc1Cn1c(CC2CC=C(c3cccc(OCc4ccc(Cl)c5cc(F)oc45)n3)CC2)nc2ccc(C(=O)OC)cc21. The Morgan fingerprint density at radius 1 is 1.15 bits per heavy atom. The zero-order chi connectivity index (χ0) is 32.5. The summed E-state index contributed by atoms with van der Waals surface area (Å²) in [6, 6.07) is 15.3. The Labute approximate surface area is 275 Å². The van der Waals surface area contributed by atoms with Gasteiger partial charge < -0.3 is 23.0 Å². The zero-order valence-electron chi connectivity index (χ0n) is 26.1. The molecule has 0 aliphatic heterocycles. The molecule has 0 bridgehead atoms. The summed E-state index contributed by atoms with van der Waals surface area (Å²) in [5.74, 6) is 1.48. The molecule has 6 aromatic rings. The molecule has 0 spiro atoms. The number of allylic oxidation sites excluding steroid dienone is 2. The number of esters is 1. The van der Waals surface area contributed by atoms with Crippen molar-refractivity contribution >= 4 is 45.1 Å². The first-order valence-electron chi connectivity index (χ1n) is 15.6. The molecule has 0 saturated carbocycles. The van der Waals surface area contributed by atoms with Crippen LogP contribution in [0.3, 0.4) is 0 Å². The number of carbonyl (C=O) groups excluding carboxylic acids is 1. The van der Waals surface area contributed by atoms with Crippen LogP contribution in [-0.2, 0) is 30.9 Å². The molecule has 47 heavy (non-hydrogen) atoms. The number of nitrogens with zero attached hydrogens (tertiary/aromatic N) is 5. The summed E-state index contributed by atoms with van der Waals surface area (Å²) >= 11 is 6.20. The fourth-order valence-corrected chi connectivity index (χ4v) is 6.50. The van der Waals surface area contributed by atoms with E-state index in [0.29, 0.717) is 45.5 Å². The average Bonchev–Trinajstić information content (AvgIpc) is 3.81. The maximum absolute atomic E-state index is 13.8. The van der Waals surface area contributed by atoms with Gasteiger partial charge in [-0.05, 0) is 68.0 Å². The first-order valence-corrected chi connectivity index (χ1v) is 16.0. The lowest BCUT2D eigenvalue weighted by Gasteiger charge is -2.22. The van der Waals surface area contributed by atoms with Gasteiger partial charge in [0.2, 0.25) is 5.88 Å². The van der Waals surface area contributed by atoms with E-state index in [0.717, 1.165) is 60.5 Å². The Bertz CT molecular complexity index is 2130. The number of pyridine rings is 1. The van der Waals surface area contributed by atoms with Gasteiger partial charge in [0.15, 0.2) is 0 Å². The highest BCUT2D eigenvalue weighted by Gasteiger charge is 2.22. The Morgan fingerprint density at radius 2 is 2.04 bits per heavy atom. The van der Waals surface area contributed by atoms with Gasteiger partial charge in [0, 0.05) is 42.2 Å². The van der Waals surface area contributed by atoms with E-state index >= 15 is 0 Å². The van der Waals surface area contributed by atoms with Crippen LogP contribution in [0, 0.1) is 11.9 Å². The van der Waals surface area contributed by atoms with Crippen LogP contribution in [0.2, 0.25) is 5.02 Å². The number of aryl methyl sites for hydroxylation is 1. The van der Waals surface area contributed by atoms with Crippen molar-refractivity contribution in [3.05, 3.63) is 113 Å². The number of benzene rings is 2. The normalized spacial score (nSPS) is 14.9. The van der Waals surface area contributed by atoms with Crippen molar-refractivity contribution in [3.63, 3.8) is 0 Å². The largest absolute Gasteiger partial charge is 0.473 e. The summed E-state index contributed by atoms with van der Waals surface area (Å²) in [6.45, 7) is 3.68. The predicted octanol–water partition coefficient (Wildman–Crippen LogP) is 8.03. The van der Waals surface area contributed by atoms with E-state index in [-0.39, 0.29) is 12.6 Å². The number of hydrogen-bond acceptors (Lipinski definition) is 7. The van der Waals surface area contributed by atoms with Crippen LogP contribution in [0.5, 0.6) is 5.88 Å². The number of methoxy groups -OCH3 is 1. The monoisotopic (exact) mass is 653 g/mol. The molecule has 0 fully saturated rings. The number of furan rings is 1. The lowest BCUT2D eigenvalue weighted by atomic mass is 9.86. The predicted molar refractivity (Wildman–Crippen MR) is 177 cm³/mol. The molecule has 7 rings (SSSR count). The fraction of sp³-hybridized carbons (Fsp3) is 0.278. The molecule has 1 aliphatic rings. The minimum absolute atomic E-state index is 0.166. The summed E-state index contributed by atoms with van der Waals surface area (Å²) in [7, 11) is 1.39. The van der Waals surface area contributed by atoms with E-state index in [1.54, 1.807) is 18.2 Å². The van der Waals surface area contributed by atoms with Crippen molar-refractivity contribution < 1.29 is 23.1 Å². The van der Waals surface area contributed by atoms with Crippen LogP contribution in [0.25, 0.3) is 27.6 Å². The zero-order valence-corrected chi connectivity index (χ0v) is 26.8. The van der Waals surface area contributed by atoms with Gasteiger partial charge in [-0.3, -0.25) is 0 Å². The molecule has 0 radical (unpaired) electrons. The van der Waals surface area contributed by atoms with Crippen molar-refractivity contribution in [2.24, 2.45) is 5.92 Å². The van der Waals surface area contributed by atoms with E-state index in [4.69, 9.17) is 35.5 Å². The van der Waals surface area contributed by atoms with Crippen LogP contribution in [0.15, 0.2) is 77.6 Å². The second-order valence-electron chi connectivity index (χ2n) is 11.7. The molecule has 1 unspecified atom stereocenters. The molecule has 0 saturated heterocycles. The van der Waals surface area contributed by atoms with E-state index in [1.165, 1.54) is 18.7 Å². The second-order valence-corrected chi connectivity index (χ2v) is 12.1. The molecule has 2 aromatic carbocycles. The van der Waals surface area contributed by atoms with Crippen LogP contribution < -0.4 is 4.74 Å². The summed E-state index contributed by atoms with van der Waals surface area (Å²) < 4.78 is 34.3. The highest BCUT2D eigenvalue weighted by molar-refractivity contribution is 6.35. The van der Waals surface area contributed by atoms with Crippen LogP contribution >= 0.6 is 11.6 Å². The molecule has 0 amide bonds. The molecule has 1 atom stereocenters. The lowest BCUT2D eigenvalue weighted by Crippen LogP contribution is -2.15. The first-order chi connectivity index (χ1) is 22.9. The van der Waals surface area contributed by atoms with Gasteiger partial charge in [-0.1, -0.05) is 29.8 Å². The Morgan fingerprint density at radius 3 is 2.85 bits per heavy atom. The topological polar surface area (TPSA) is 97.2 Å². The molecular weight excluding hydrogens is 621 g/mol. The van der Waals surface area contributed by atoms with Gasteiger partial charge in [-0.2, -0.15) is 4.39 Å². The molecule has 0 N–H and O–H groups in total. The van der Waals surface area contributed by atoms with Crippen LogP contribution in [0.1, 0.15) is 59.3 Å². The van der Waals surface area contributed by atoms with Gasteiger partial charge in [0.1, 0.15) is 18.0 Å². The van der Waals surface area contributed by atoms with Crippen molar-refractivity contribution in [2.75, 3.05) is 7.11 Å². The Kier molecular flexibility index (Phi) is 8.51. The molecule has 240 valence electrons. The molecule has 4 heterocycles. The number of fused-ring (bicyclic) bond motifs is 2. The maximum atomic E-state index is 13.8. The highest BCUT2D eigenvalue weighted by Crippen LogP contribution is 2.34. The minimum Gasteiger partial charge on any atom is -0.473 e. The molecular formula is C36H33ClFN5O4. The van der Waals surface area contributed by atoms with Gasteiger partial charge >= 0.3 is 5.97 Å². The first kappa shape index (κ1) is 30.7. The summed E-state index contributed by atoms with van der Waals surface area (Å²) in [5, 5.41) is 0.941. The number of rotatable bonds is 10. The van der Waals surface area contributed by atoms with Crippen molar-refractivity contribution in [3.8, 4) is 5.88 Å². The van der Waals surface area contributed by atoms with Crippen molar-refractivity contribution in [1.82, 2.24) is 24.1 Å². The highest BCUT2D eigenvalue weighted by atomic mass is 35.5. The van der Waals surface area contributed by atoms with Gasteiger partial charge in [-0.15, -0.1) is 0 Å². The smallest absolute Gasteiger partial charge is 0.337 e. The third-order valence-electron chi connectivity index (χ3n) is 8.81. The summed E-state index contributed by atoms with van der Waals surface area (Å²) in [6.07, 6.45) is 9.53.